The van der Waals surface area contributed by atoms with Crippen LogP contribution in [0, 0.1) is 5.92 Å². The van der Waals surface area contributed by atoms with E-state index < -0.39 is 6.03 Å². The van der Waals surface area contributed by atoms with Crippen LogP contribution in [0.1, 0.15) is 12.0 Å². The van der Waals surface area contributed by atoms with Gasteiger partial charge in [-0.2, -0.15) is 4.98 Å². The molecule has 3 amide bonds. The number of aromatic nitrogens is 4. The summed E-state index contributed by atoms with van der Waals surface area (Å²) in [5, 5.41) is 9.10. The predicted molar refractivity (Wildman–Crippen MR) is 154 cm³/mol. The van der Waals surface area contributed by atoms with Crippen molar-refractivity contribution in [1.82, 2.24) is 24.8 Å². The SMILES string of the molecule is O=C(Nc1cccc(OCC2CCN(C(=O)Cc3c[nH]c4ccccc34)C2)n1)Nc1csc(-c2ccncc2)n1. The third kappa shape index (κ3) is 5.94. The van der Waals surface area contributed by atoms with Crippen LogP contribution in [0.25, 0.3) is 21.5 Å². The van der Waals surface area contributed by atoms with Crippen LogP contribution in [0.4, 0.5) is 16.4 Å². The molecule has 40 heavy (non-hydrogen) atoms. The van der Waals surface area contributed by atoms with Crippen molar-refractivity contribution in [3.8, 4) is 16.5 Å². The van der Waals surface area contributed by atoms with Crippen molar-refractivity contribution in [2.24, 2.45) is 5.92 Å². The Morgan fingerprint density at radius 3 is 2.77 bits per heavy atom. The van der Waals surface area contributed by atoms with Crippen LogP contribution in [0.3, 0.4) is 0 Å². The molecule has 1 saturated heterocycles. The van der Waals surface area contributed by atoms with Gasteiger partial charge in [0.05, 0.1) is 13.0 Å². The Labute approximate surface area is 234 Å². The van der Waals surface area contributed by atoms with Gasteiger partial charge in [-0.15, -0.1) is 11.3 Å². The lowest BCUT2D eigenvalue weighted by Gasteiger charge is -2.17. The molecule has 1 fully saturated rings. The molecule has 3 N–H and O–H groups in total. The van der Waals surface area contributed by atoms with Gasteiger partial charge in [0.25, 0.3) is 0 Å². The van der Waals surface area contributed by atoms with Crippen molar-refractivity contribution < 1.29 is 14.3 Å². The minimum absolute atomic E-state index is 0.121. The lowest BCUT2D eigenvalue weighted by atomic mass is 10.1. The Balaban J connectivity index is 0.978. The second kappa shape index (κ2) is 11.5. The van der Waals surface area contributed by atoms with E-state index in [1.807, 2.05) is 47.5 Å². The number of ether oxygens (including phenoxy) is 1. The van der Waals surface area contributed by atoms with Crippen LogP contribution in [0.2, 0.25) is 0 Å². The highest BCUT2D eigenvalue weighted by Gasteiger charge is 2.27. The number of carbonyl (C=O) groups excluding carboxylic acids is 2. The normalized spacial score (nSPS) is 14.8. The molecule has 1 unspecified atom stereocenters. The number of urea groups is 1. The summed E-state index contributed by atoms with van der Waals surface area (Å²) in [6, 6.07) is 16.5. The molecule has 202 valence electrons. The predicted octanol–water partition coefficient (Wildman–Crippen LogP) is 5.20. The quantitative estimate of drug-likeness (QED) is 0.243. The van der Waals surface area contributed by atoms with Gasteiger partial charge in [-0.1, -0.05) is 24.3 Å². The largest absolute Gasteiger partial charge is 0.477 e. The Kier molecular flexibility index (Phi) is 7.36. The number of fused-ring (bicyclic) bond motifs is 1. The lowest BCUT2D eigenvalue weighted by Crippen LogP contribution is -2.30. The molecule has 1 aliphatic rings. The molecule has 0 aliphatic carbocycles. The topological polar surface area (TPSA) is 125 Å². The van der Waals surface area contributed by atoms with E-state index in [0.717, 1.165) is 33.5 Å². The minimum Gasteiger partial charge on any atom is -0.477 e. The van der Waals surface area contributed by atoms with Crippen molar-refractivity contribution in [1.29, 1.82) is 0 Å². The number of para-hydroxylation sites is 1. The number of likely N-dealkylation sites (tertiary alicyclic amines) is 1. The maximum absolute atomic E-state index is 12.9. The van der Waals surface area contributed by atoms with E-state index in [1.165, 1.54) is 11.3 Å². The number of nitrogens with one attached hydrogen (secondary N) is 3. The molecule has 1 atom stereocenters. The van der Waals surface area contributed by atoms with Gasteiger partial charge in [-0.25, -0.2) is 9.78 Å². The fourth-order valence-corrected chi connectivity index (χ4v) is 5.50. The van der Waals surface area contributed by atoms with Crippen molar-refractivity contribution in [2.45, 2.75) is 12.8 Å². The molecule has 5 heterocycles. The molecule has 11 heteroatoms. The van der Waals surface area contributed by atoms with Crippen LogP contribution in [-0.2, 0) is 11.2 Å². The number of hydrogen-bond donors (Lipinski definition) is 3. The summed E-state index contributed by atoms with van der Waals surface area (Å²) in [5.41, 5.74) is 2.99. The summed E-state index contributed by atoms with van der Waals surface area (Å²) >= 11 is 1.43. The summed E-state index contributed by atoms with van der Waals surface area (Å²) in [6.07, 6.45) is 6.57. The van der Waals surface area contributed by atoms with E-state index in [4.69, 9.17) is 4.74 Å². The summed E-state index contributed by atoms with van der Waals surface area (Å²) in [6.45, 7) is 1.80. The molecule has 0 radical (unpaired) electrons. The van der Waals surface area contributed by atoms with Gasteiger partial charge in [0, 0.05) is 65.5 Å². The molecule has 0 saturated carbocycles. The number of rotatable bonds is 8. The van der Waals surface area contributed by atoms with Gasteiger partial charge in [0.2, 0.25) is 11.8 Å². The molecule has 4 aromatic heterocycles. The fourth-order valence-electron chi connectivity index (χ4n) is 4.74. The zero-order chi connectivity index (χ0) is 27.3. The van der Waals surface area contributed by atoms with E-state index in [9.17, 15) is 9.59 Å². The highest BCUT2D eigenvalue weighted by molar-refractivity contribution is 7.13. The summed E-state index contributed by atoms with van der Waals surface area (Å²) in [5.74, 6) is 1.56. The molecule has 6 rings (SSSR count). The first-order valence-corrected chi connectivity index (χ1v) is 13.9. The Morgan fingerprint density at radius 2 is 1.88 bits per heavy atom. The summed E-state index contributed by atoms with van der Waals surface area (Å²) in [4.78, 5) is 43.4. The first-order valence-electron chi connectivity index (χ1n) is 13.0. The van der Waals surface area contributed by atoms with Crippen LogP contribution in [0.5, 0.6) is 5.88 Å². The van der Waals surface area contributed by atoms with Gasteiger partial charge < -0.3 is 14.6 Å². The lowest BCUT2D eigenvalue weighted by molar-refractivity contribution is -0.129. The number of carbonyl (C=O) groups is 2. The number of benzene rings is 1. The van der Waals surface area contributed by atoms with Crippen LogP contribution < -0.4 is 15.4 Å². The highest BCUT2D eigenvalue weighted by atomic mass is 32.1. The molecule has 0 bridgehead atoms. The smallest absolute Gasteiger partial charge is 0.326 e. The molecule has 10 nitrogen and oxygen atoms in total. The van der Waals surface area contributed by atoms with Gasteiger partial charge >= 0.3 is 6.03 Å². The van der Waals surface area contributed by atoms with Gasteiger partial charge in [-0.05, 0) is 36.2 Å². The molecule has 0 spiro atoms. The van der Waals surface area contributed by atoms with E-state index in [1.54, 1.807) is 36.0 Å². The Bertz CT molecular complexity index is 1630. The van der Waals surface area contributed by atoms with E-state index in [-0.39, 0.29) is 11.8 Å². The van der Waals surface area contributed by atoms with E-state index in [0.29, 0.717) is 43.6 Å². The Morgan fingerprint density at radius 1 is 1.02 bits per heavy atom. The van der Waals surface area contributed by atoms with Crippen LogP contribution >= 0.6 is 11.3 Å². The van der Waals surface area contributed by atoms with Crippen molar-refractivity contribution in [3.05, 3.63) is 84.1 Å². The van der Waals surface area contributed by atoms with Crippen molar-refractivity contribution in [2.75, 3.05) is 30.3 Å². The number of nitrogens with zero attached hydrogens (tertiary/aromatic N) is 4. The molecule has 1 aromatic carbocycles. The number of thiazole rings is 1. The van der Waals surface area contributed by atoms with Crippen LogP contribution in [-0.4, -0.2) is 56.5 Å². The number of H-pyrrole nitrogens is 1. The third-order valence-corrected chi connectivity index (χ3v) is 7.65. The first-order chi connectivity index (χ1) is 19.6. The van der Waals surface area contributed by atoms with E-state index >= 15 is 0 Å². The number of anilines is 2. The van der Waals surface area contributed by atoms with Gasteiger partial charge in [0.1, 0.15) is 16.6 Å². The zero-order valence-corrected chi connectivity index (χ0v) is 22.4. The zero-order valence-electron chi connectivity index (χ0n) is 21.5. The number of amides is 3. The molecule has 5 aromatic rings. The minimum atomic E-state index is -0.448. The second-order valence-corrected chi connectivity index (χ2v) is 10.4. The second-order valence-electron chi connectivity index (χ2n) is 9.56. The molecular weight excluding hydrogens is 526 g/mol. The van der Waals surface area contributed by atoms with Crippen LogP contribution in [0.15, 0.2) is 78.6 Å². The first kappa shape index (κ1) is 25.5. The third-order valence-electron chi connectivity index (χ3n) is 6.76. The molecule has 1 aliphatic heterocycles. The molecular formula is C29H27N7O3S. The number of aromatic amines is 1. The summed E-state index contributed by atoms with van der Waals surface area (Å²) in [7, 11) is 0. The highest BCUT2D eigenvalue weighted by Crippen LogP contribution is 2.26. The van der Waals surface area contributed by atoms with Gasteiger partial charge in [-0.3, -0.25) is 20.4 Å². The van der Waals surface area contributed by atoms with Crippen molar-refractivity contribution >= 4 is 45.8 Å². The van der Waals surface area contributed by atoms with E-state index in [2.05, 4.69) is 30.6 Å². The standard InChI is InChI=1S/C29H27N7O3S/c37-27(14-21-15-31-23-5-2-1-4-22(21)23)36-13-10-19(16-36)17-39-26-7-3-6-24(32-26)34-29(38)35-25-18-40-28(33-25)20-8-11-30-12-9-20/h1-9,11-12,15,18-19,31H,10,13-14,16-17H2,(H2,32,34,35,38). The monoisotopic (exact) mass is 553 g/mol. The Hall–Kier alpha value is -4.77. The fraction of sp³-hybridized carbons (Fsp3) is 0.207. The number of pyridine rings is 2. The maximum atomic E-state index is 12.9. The van der Waals surface area contributed by atoms with Gasteiger partial charge in [0.15, 0.2) is 0 Å². The average molecular weight is 554 g/mol. The number of hydrogen-bond acceptors (Lipinski definition) is 7. The maximum Gasteiger partial charge on any atom is 0.326 e. The van der Waals surface area contributed by atoms with Crippen molar-refractivity contribution in [3.63, 3.8) is 0 Å². The average Bonchev–Trinajstić information content (AvgIpc) is 3.73. The summed E-state index contributed by atoms with van der Waals surface area (Å²) < 4.78 is 5.93.